The maximum Gasteiger partial charge on any atom is 0.193 e. The lowest BCUT2D eigenvalue weighted by atomic mass is 9.49. The number of fused-ring (bicyclic) bond motifs is 4. The van der Waals surface area contributed by atoms with Crippen LogP contribution in [0.1, 0.15) is 53.3 Å². The number of nitrogens with zero attached hydrogens (tertiary/aromatic N) is 2. The fourth-order valence-electron chi connectivity index (χ4n) is 8.72. The average Bonchev–Trinajstić information content (AvgIpc) is 3.63. The van der Waals surface area contributed by atoms with Gasteiger partial charge in [-0.2, -0.15) is 0 Å². The number of anilines is 1. The SMILES string of the molecule is NC(=NCc1cccc(O)c1)Nc1ccc2[nH]c3c(c2c1)C[C@@]1(O)[C@@H]2Cc4ccc(O)c5c4[C@@]1(CCN2CC1CC1)[C@H]3O5. The molecule has 1 saturated heterocycles. The number of aromatic hydroxyl groups is 2. The van der Waals surface area contributed by atoms with E-state index in [1.54, 1.807) is 24.3 Å². The third kappa shape index (κ3) is 3.49. The highest BCUT2D eigenvalue weighted by Gasteiger charge is 2.72. The predicted octanol–water partition coefficient (Wildman–Crippen LogP) is 4.21. The summed E-state index contributed by atoms with van der Waals surface area (Å²) in [6.07, 6.45) is 4.18. The molecule has 43 heavy (non-hydrogen) atoms. The van der Waals surface area contributed by atoms with Crippen molar-refractivity contribution in [3.05, 3.63) is 82.5 Å². The Hall–Kier alpha value is -4.21. The second-order valence-electron chi connectivity index (χ2n) is 13.2. The summed E-state index contributed by atoms with van der Waals surface area (Å²) in [5, 5.41) is 38.0. The zero-order valence-corrected chi connectivity index (χ0v) is 23.8. The van der Waals surface area contributed by atoms with Crippen LogP contribution in [0.2, 0.25) is 0 Å². The van der Waals surface area contributed by atoms with Crippen molar-refractivity contribution < 1.29 is 20.1 Å². The molecule has 4 atom stereocenters. The molecule has 220 valence electrons. The van der Waals surface area contributed by atoms with Crippen molar-refractivity contribution in [2.24, 2.45) is 16.6 Å². The standard InChI is InChI=1S/C34H35N5O4/c35-32(36-16-19-2-1-3-22(40)12-19)37-21-7-8-25-23(14-21)24-15-34(42)27-13-20-6-9-26(41)30-28(20)33(34,31(43-30)29(24)38-25)10-11-39(27)17-18-4-5-18/h1-3,6-9,12,14,18,27,31,38,40-42H,4-5,10-11,13,15-17H2,(H3,35,36,37)/t27-,31-,33-,34+/m0/s1. The molecule has 2 fully saturated rings. The molecule has 2 bridgehead atoms. The number of aliphatic hydroxyl groups is 1. The van der Waals surface area contributed by atoms with Crippen LogP contribution in [0.5, 0.6) is 17.2 Å². The van der Waals surface area contributed by atoms with Gasteiger partial charge in [0.1, 0.15) is 5.75 Å². The summed E-state index contributed by atoms with van der Waals surface area (Å²) < 4.78 is 6.70. The number of benzene rings is 3. The maximum absolute atomic E-state index is 13.1. The number of rotatable bonds is 5. The van der Waals surface area contributed by atoms with Crippen molar-refractivity contribution in [3.63, 3.8) is 0 Å². The molecule has 1 spiro atoms. The van der Waals surface area contributed by atoms with Crippen molar-refractivity contribution in [1.82, 2.24) is 9.88 Å². The first-order valence-electron chi connectivity index (χ1n) is 15.3. The van der Waals surface area contributed by atoms with Gasteiger partial charge >= 0.3 is 0 Å². The molecular weight excluding hydrogens is 542 g/mol. The van der Waals surface area contributed by atoms with Gasteiger partial charge < -0.3 is 36.1 Å². The molecule has 1 saturated carbocycles. The smallest absolute Gasteiger partial charge is 0.193 e. The van der Waals surface area contributed by atoms with E-state index in [0.29, 0.717) is 18.7 Å². The van der Waals surface area contributed by atoms with Crippen molar-refractivity contribution in [3.8, 4) is 17.2 Å². The first-order chi connectivity index (χ1) is 20.8. The molecule has 1 aromatic heterocycles. The molecule has 9 nitrogen and oxygen atoms in total. The third-order valence-electron chi connectivity index (χ3n) is 10.8. The Kier molecular flexibility index (Phi) is 5.10. The molecule has 3 heterocycles. The minimum atomic E-state index is -1.04. The summed E-state index contributed by atoms with van der Waals surface area (Å²) in [5.41, 5.74) is 11.5. The summed E-state index contributed by atoms with van der Waals surface area (Å²) in [6, 6.07) is 16.8. The van der Waals surface area contributed by atoms with Crippen molar-refractivity contribution in [2.75, 3.05) is 18.4 Å². The Balaban J connectivity index is 1.12. The quantitative estimate of drug-likeness (QED) is 0.154. The second-order valence-corrected chi connectivity index (χ2v) is 13.2. The normalized spacial score (nSPS) is 28.8. The van der Waals surface area contributed by atoms with E-state index in [0.717, 1.165) is 70.8 Å². The zero-order chi connectivity index (χ0) is 29.1. The zero-order valence-electron chi connectivity index (χ0n) is 23.8. The van der Waals surface area contributed by atoms with Crippen LogP contribution >= 0.6 is 0 Å². The molecule has 0 amide bonds. The van der Waals surface area contributed by atoms with Gasteiger partial charge in [0.05, 0.1) is 23.3 Å². The van der Waals surface area contributed by atoms with E-state index < -0.39 is 17.1 Å². The van der Waals surface area contributed by atoms with E-state index in [-0.39, 0.29) is 23.5 Å². The second kappa shape index (κ2) is 8.67. The first kappa shape index (κ1) is 25.3. The number of aromatic amines is 1. The third-order valence-corrected chi connectivity index (χ3v) is 10.8. The Labute approximate surface area is 249 Å². The number of hydrogen-bond donors (Lipinski definition) is 6. The number of ether oxygens (including phenoxy) is 1. The Morgan fingerprint density at radius 2 is 2.02 bits per heavy atom. The summed E-state index contributed by atoms with van der Waals surface area (Å²) in [5.74, 6) is 1.89. The van der Waals surface area contributed by atoms with Gasteiger partial charge in [0, 0.05) is 41.2 Å². The number of phenols is 2. The fourth-order valence-corrected chi connectivity index (χ4v) is 8.72. The van der Waals surface area contributed by atoms with Gasteiger partial charge in [0.25, 0.3) is 0 Å². The number of guanidine groups is 1. The van der Waals surface area contributed by atoms with Gasteiger partial charge in [-0.3, -0.25) is 4.90 Å². The lowest BCUT2D eigenvalue weighted by Gasteiger charge is -2.62. The van der Waals surface area contributed by atoms with E-state index in [9.17, 15) is 15.3 Å². The number of likely N-dealkylation sites (tertiary alicyclic amines) is 1. The van der Waals surface area contributed by atoms with E-state index in [2.05, 4.69) is 26.3 Å². The Morgan fingerprint density at radius 1 is 1.14 bits per heavy atom. The highest BCUT2D eigenvalue weighted by atomic mass is 16.5. The van der Waals surface area contributed by atoms with Crippen molar-refractivity contribution in [1.29, 1.82) is 0 Å². The van der Waals surface area contributed by atoms with Gasteiger partial charge in [-0.15, -0.1) is 0 Å². The highest BCUT2D eigenvalue weighted by Crippen LogP contribution is 2.69. The number of aromatic nitrogens is 1. The van der Waals surface area contributed by atoms with Crippen LogP contribution in [-0.2, 0) is 24.8 Å². The summed E-state index contributed by atoms with van der Waals surface area (Å²) in [4.78, 5) is 10.7. The van der Waals surface area contributed by atoms with E-state index in [1.165, 1.54) is 18.4 Å². The molecule has 3 aliphatic carbocycles. The molecule has 3 aromatic carbocycles. The minimum Gasteiger partial charge on any atom is -0.508 e. The Morgan fingerprint density at radius 3 is 2.86 bits per heavy atom. The number of nitrogens with two attached hydrogens (primary N) is 1. The van der Waals surface area contributed by atoms with Crippen LogP contribution in [0.4, 0.5) is 5.69 Å². The molecule has 9 rings (SSSR count). The number of piperidine rings is 1. The van der Waals surface area contributed by atoms with Gasteiger partial charge in [-0.1, -0.05) is 18.2 Å². The molecule has 0 unspecified atom stereocenters. The number of H-pyrrole nitrogens is 1. The van der Waals surface area contributed by atoms with Gasteiger partial charge in [-0.25, -0.2) is 4.99 Å². The molecule has 2 aliphatic heterocycles. The maximum atomic E-state index is 13.1. The van der Waals surface area contributed by atoms with Crippen molar-refractivity contribution in [2.45, 2.75) is 61.8 Å². The number of hydrogen-bond acceptors (Lipinski definition) is 6. The van der Waals surface area contributed by atoms with Gasteiger partial charge in [0.15, 0.2) is 23.6 Å². The lowest BCUT2D eigenvalue weighted by molar-refractivity contribution is -0.173. The first-order valence-corrected chi connectivity index (χ1v) is 15.3. The fraction of sp³-hybridized carbons (Fsp3) is 0.382. The van der Waals surface area contributed by atoms with E-state index in [1.807, 2.05) is 24.3 Å². The molecule has 0 radical (unpaired) electrons. The summed E-state index contributed by atoms with van der Waals surface area (Å²) >= 11 is 0. The minimum absolute atomic E-state index is 0.0180. The number of aliphatic imine (C=N–C) groups is 1. The molecule has 4 aromatic rings. The molecule has 7 N–H and O–H groups in total. The monoisotopic (exact) mass is 577 g/mol. The summed E-state index contributed by atoms with van der Waals surface area (Å²) in [6.45, 7) is 2.30. The van der Waals surface area contributed by atoms with Crippen molar-refractivity contribution >= 4 is 22.5 Å². The predicted molar refractivity (Wildman–Crippen MR) is 164 cm³/mol. The van der Waals surface area contributed by atoms with Crippen LogP contribution in [0.25, 0.3) is 10.9 Å². The Bertz CT molecular complexity index is 1850. The van der Waals surface area contributed by atoms with Crippen LogP contribution in [0, 0.1) is 5.92 Å². The van der Waals surface area contributed by atoms with Crippen LogP contribution < -0.4 is 15.8 Å². The van der Waals surface area contributed by atoms with Gasteiger partial charge in [0.2, 0.25) is 0 Å². The average molecular weight is 578 g/mol. The lowest BCUT2D eigenvalue weighted by Crippen LogP contribution is -2.74. The molecule has 5 aliphatic rings. The van der Waals surface area contributed by atoms with Crippen LogP contribution in [0.3, 0.4) is 0 Å². The van der Waals surface area contributed by atoms with Crippen LogP contribution in [-0.4, -0.2) is 55.9 Å². The highest BCUT2D eigenvalue weighted by molar-refractivity contribution is 5.96. The summed E-state index contributed by atoms with van der Waals surface area (Å²) in [7, 11) is 0. The largest absolute Gasteiger partial charge is 0.508 e. The van der Waals surface area contributed by atoms with Crippen LogP contribution in [0.15, 0.2) is 59.6 Å². The molecule has 9 heteroatoms. The number of phenolic OH excluding ortho intramolecular Hbond substituents is 2. The van der Waals surface area contributed by atoms with E-state index in [4.69, 9.17) is 10.5 Å². The van der Waals surface area contributed by atoms with E-state index >= 15 is 0 Å². The van der Waals surface area contributed by atoms with Gasteiger partial charge in [-0.05, 0) is 91.2 Å². The number of nitrogens with one attached hydrogen (secondary N) is 2. The topological polar surface area (TPSA) is 139 Å². The molecular formula is C34H35N5O4.